The first-order valence-electron chi connectivity index (χ1n) is 3.86. The quantitative estimate of drug-likeness (QED) is 0.668. The van der Waals surface area contributed by atoms with Gasteiger partial charge in [0.15, 0.2) is 11.2 Å². The predicted molar refractivity (Wildman–Crippen MR) is 47.5 cm³/mol. The van der Waals surface area contributed by atoms with E-state index in [4.69, 9.17) is 10.00 Å². The Bertz CT molecular complexity index is 359. The van der Waals surface area contributed by atoms with Crippen LogP contribution in [0.4, 0.5) is 0 Å². The van der Waals surface area contributed by atoms with E-state index in [0.29, 0.717) is 4.88 Å². The topological polar surface area (TPSA) is 50.1 Å². The molecule has 2 heterocycles. The minimum atomic E-state index is -0.898. The lowest BCUT2D eigenvalue weighted by atomic mass is 9.82. The van der Waals surface area contributed by atoms with E-state index in [-0.39, 0.29) is 19.0 Å². The van der Waals surface area contributed by atoms with Crippen molar-refractivity contribution in [3.05, 3.63) is 22.4 Å². The maximum absolute atomic E-state index is 11.7. The summed E-state index contributed by atoms with van der Waals surface area (Å²) in [7, 11) is 0. The molecule has 1 aromatic heterocycles. The number of ketones is 1. The summed E-state index contributed by atoms with van der Waals surface area (Å²) in [5, 5.41) is 10.7. The van der Waals surface area contributed by atoms with Gasteiger partial charge in [-0.2, -0.15) is 5.26 Å². The first kappa shape index (κ1) is 8.42. The third kappa shape index (κ3) is 1.17. The van der Waals surface area contributed by atoms with E-state index < -0.39 is 5.41 Å². The molecule has 0 aromatic carbocycles. The number of hydrogen-bond acceptors (Lipinski definition) is 4. The number of Topliss-reactive ketones (excluding diaryl/α,β-unsaturated/α-hetero) is 1. The van der Waals surface area contributed by atoms with E-state index in [1.807, 2.05) is 17.5 Å². The third-order valence-corrected chi connectivity index (χ3v) is 2.96. The molecule has 1 aliphatic rings. The van der Waals surface area contributed by atoms with Crippen LogP contribution in [0, 0.1) is 16.7 Å². The summed E-state index contributed by atoms with van der Waals surface area (Å²) in [6, 6.07) is 5.58. The van der Waals surface area contributed by atoms with Crippen LogP contribution >= 0.6 is 11.3 Å². The molecule has 0 amide bonds. The maximum atomic E-state index is 11.7. The lowest BCUT2D eigenvalue weighted by Gasteiger charge is -2.32. The fourth-order valence-electron chi connectivity index (χ4n) is 1.20. The molecule has 0 saturated carbocycles. The minimum Gasteiger partial charge on any atom is -0.377 e. The zero-order valence-corrected chi connectivity index (χ0v) is 7.63. The van der Waals surface area contributed by atoms with Crippen molar-refractivity contribution in [3.63, 3.8) is 0 Å². The van der Waals surface area contributed by atoms with Crippen LogP contribution in [0.5, 0.6) is 0 Å². The van der Waals surface area contributed by atoms with Crippen LogP contribution in [-0.4, -0.2) is 19.0 Å². The highest BCUT2D eigenvalue weighted by molar-refractivity contribution is 7.12. The summed E-state index contributed by atoms with van der Waals surface area (Å²) in [5.74, 6) is -0.101. The van der Waals surface area contributed by atoms with Gasteiger partial charge < -0.3 is 4.74 Å². The Morgan fingerprint density at radius 2 is 2.46 bits per heavy atom. The van der Waals surface area contributed by atoms with Crippen LogP contribution in [0.15, 0.2) is 17.5 Å². The summed E-state index contributed by atoms with van der Waals surface area (Å²) in [5.41, 5.74) is -0.898. The Kier molecular flexibility index (Phi) is 1.91. The van der Waals surface area contributed by atoms with Gasteiger partial charge in [-0.1, -0.05) is 6.07 Å². The van der Waals surface area contributed by atoms with E-state index in [0.717, 1.165) is 0 Å². The molecule has 1 aromatic rings. The van der Waals surface area contributed by atoms with Gasteiger partial charge in [-0.15, -0.1) is 11.3 Å². The maximum Gasteiger partial charge on any atom is 0.197 e. The highest BCUT2D eigenvalue weighted by Crippen LogP contribution is 2.32. The van der Waals surface area contributed by atoms with Crippen molar-refractivity contribution in [2.75, 3.05) is 13.2 Å². The van der Waals surface area contributed by atoms with E-state index in [1.165, 1.54) is 11.3 Å². The fourth-order valence-corrected chi connectivity index (χ4v) is 1.96. The number of nitriles is 1. The van der Waals surface area contributed by atoms with Crippen molar-refractivity contribution in [2.45, 2.75) is 0 Å². The molecule has 4 heteroatoms. The summed E-state index contributed by atoms with van der Waals surface area (Å²) in [6.45, 7) is 0.473. The summed E-state index contributed by atoms with van der Waals surface area (Å²) in [6.07, 6.45) is 0. The van der Waals surface area contributed by atoms with Crippen LogP contribution in [-0.2, 0) is 4.74 Å². The molecular weight excluding hydrogens is 186 g/mol. The number of rotatable bonds is 2. The normalized spacial score (nSPS) is 18.7. The predicted octanol–water partition coefficient (Wildman–Crippen LogP) is 1.47. The molecule has 0 unspecified atom stereocenters. The Morgan fingerprint density at radius 1 is 1.69 bits per heavy atom. The van der Waals surface area contributed by atoms with Crippen LogP contribution in [0.1, 0.15) is 9.67 Å². The Morgan fingerprint density at radius 3 is 2.85 bits per heavy atom. The molecule has 0 bridgehead atoms. The van der Waals surface area contributed by atoms with E-state index in [1.54, 1.807) is 6.07 Å². The number of thiophene rings is 1. The van der Waals surface area contributed by atoms with Gasteiger partial charge in [0, 0.05) is 0 Å². The van der Waals surface area contributed by atoms with Crippen LogP contribution in [0.2, 0.25) is 0 Å². The molecular formula is C9H7NO2S. The largest absolute Gasteiger partial charge is 0.377 e. The SMILES string of the molecule is N#CC1(C(=O)c2cccs2)COC1. The molecule has 66 valence electrons. The van der Waals surface area contributed by atoms with Gasteiger partial charge >= 0.3 is 0 Å². The molecule has 0 N–H and O–H groups in total. The first-order valence-corrected chi connectivity index (χ1v) is 4.74. The molecule has 0 aliphatic carbocycles. The lowest BCUT2D eigenvalue weighted by Crippen LogP contribution is -2.47. The Labute approximate surface area is 79.6 Å². The zero-order valence-electron chi connectivity index (χ0n) is 6.82. The van der Waals surface area contributed by atoms with Gasteiger partial charge in [-0.3, -0.25) is 4.79 Å². The molecule has 0 radical (unpaired) electrons. The van der Waals surface area contributed by atoms with Gasteiger partial charge in [0.1, 0.15) is 0 Å². The third-order valence-electron chi connectivity index (χ3n) is 2.09. The molecule has 2 rings (SSSR count). The molecule has 1 aliphatic heterocycles. The number of nitrogens with zero attached hydrogens (tertiary/aromatic N) is 1. The van der Waals surface area contributed by atoms with Crippen molar-refractivity contribution < 1.29 is 9.53 Å². The van der Waals surface area contributed by atoms with Crippen LogP contribution < -0.4 is 0 Å². The van der Waals surface area contributed by atoms with Crippen molar-refractivity contribution in [1.29, 1.82) is 5.26 Å². The number of ether oxygens (including phenoxy) is 1. The molecule has 3 nitrogen and oxygen atoms in total. The van der Waals surface area contributed by atoms with Gasteiger partial charge in [-0.25, -0.2) is 0 Å². The zero-order chi connectivity index (χ0) is 9.31. The molecule has 1 saturated heterocycles. The monoisotopic (exact) mass is 193 g/mol. The van der Waals surface area contributed by atoms with Crippen molar-refractivity contribution in [1.82, 2.24) is 0 Å². The van der Waals surface area contributed by atoms with Crippen LogP contribution in [0.25, 0.3) is 0 Å². The number of hydrogen-bond donors (Lipinski definition) is 0. The summed E-state index contributed by atoms with van der Waals surface area (Å²) >= 11 is 1.37. The smallest absolute Gasteiger partial charge is 0.197 e. The van der Waals surface area contributed by atoms with Crippen molar-refractivity contribution in [3.8, 4) is 6.07 Å². The Hall–Kier alpha value is -1.18. The molecule has 0 atom stereocenters. The summed E-state index contributed by atoms with van der Waals surface area (Å²) in [4.78, 5) is 12.4. The second-order valence-corrected chi connectivity index (χ2v) is 3.94. The standard InChI is InChI=1S/C9H7NO2S/c10-4-9(5-12-6-9)8(11)7-2-1-3-13-7/h1-3H,5-6H2. The Balaban J connectivity index is 2.28. The van der Waals surface area contributed by atoms with Gasteiger partial charge in [0.05, 0.1) is 24.2 Å². The van der Waals surface area contributed by atoms with E-state index >= 15 is 0 Å². The minimum absolute atomic E-state index is 0.101. The number of carbonyl (C=O) groups excluding carboxylic acids is 1. The molecule has 0 spiro atoms. The second kappa shape index (κ2) is 2.95. The molecule has 1 fully saturated rings. The van der Waals surface area contributed by atoms with Gasteiger partial charge in [0.25, 0.3) is 0 Å². The van der Waals surface area contributed by atoms with Crippen molar-refractivity contribution in [2.24, 2.45) is 5.41 Å². The second-order valence-electron chi connectivity index (χ2n) is 2.99. The molecule has 13 heavy (non-hydrogen) atoms. The average molecular weight is 193 g/mol. The first-order chi connectivity index (χ1) is 6.28. The highest BCUT2D eigenvalue weighted by atomic mass is 32.1. The fraction of sp³-hybridized carbons (Fsp3) is 0.333. The van der Waals surface area contributed by atoms with Gasteiger partial charge in [0.2, 0.25) is 0 Å². The van der Waals surface area contributed by atoms with Crippen LogP contribution in [0.3, 0.4) is 0 Å². The average Bonchev–Trinajstić information content (AvgIpc) is 2.54. The van der Waals surface area contributed by atoms with Crippen molar-refractivity contribution >= 4 is 17.1 Å². The summed E-state index contributed by atoms with van der Waals surface area (Å²) < 4.78 is 4.91. The van der Waals surface area contributed by atoms with E-state index in [2.05, 4.69) is 0 Å². The van der Waals surface area contributed by atoms with E-state index in [9.17, 15) is 4.79 Å². The lowest BCUT2D eigenvalue weighted by molar-refractivity contribution is -0.0564. The number of carbonyl (C=O) groups is 1. The highest BCUT2D eigenvalue weighted by Gasteiger charge is 2.47. The van der Waals surface area contributed by atoms with Gasteiger partial charge in [-0.05, 0) is 11.4 Å².